The van der Waals surface area contributed by atoms with E-state index in [2.05, 4.69) is 34.4 Å². The van der Waals surface area contributed by atoms with Crippen molar-refractivity contribution in [2.24, 2.45) is 11.5 Å². The first kappa shape index (κ1) is 27.1. The van der Waals surface area contributed by atoms with Crippen molar-refractivity contribution in [1.29, 1.82) is 0 Å². The van der Waals surface area contributed by atoms with Gasteiger partial charge in [0.25, 0.3) is 0 Å². The average molecular weight is 425 g/mol. The predicted molar refractivity (Wildman–Crippen MR) is 117 cm³/mol. The molecule has 0 heterocycles. The van der Waals surface area contributed by atoms with Crippen molar-refractivity contribution in [3.05, 3.63) is 0 Å². The monoisotopic (exact) mass is 424 g/mol. The van der Waals surface area contributed by atoms with Crippen LogP contribution in [0.5, 0.6) is 0 Å². The van der Waals surface area contributed by atoms with Crippen LogP contribution in [0, 0.1) is 0 Å². The van der Waals surface area contributed by atoms with E-state index in [0.29, 0.717) is 13.3 Å². The third-order valence-corrected chi connectivity index (χ3v) is 12.2. The van der Waals surface area contributed by atoms with Gasteiger partial charge in [-0.1, -0.05) is 0 Å². The molecular formula is C16H44N6O3Si2. The molecule has 2 unspecified atom stereocenters. The first-order chi connectivity index (χ1) is 12.9. The van der Waals surface area contributed by atoms with Crippen LogP contribution in [0.25, 0.3) is 0 Å². The van der Waals surface area contributed by atoms with Gasteiger partial charge in [-0.3, -0.25) is 0 Å². The molecule has 0 saturated carbocycles. The molecule has 0 bridgehead atoms. The first-order valence-electron chi connectivity index (χ1n) is 9.99. The van der Waals surface area contributed by atoms with Gasteiger partial charge >= 0.3 is 17.1 Å². The fraction of sp³-hybridized carbons (Fsp3) is 1.00. The minimum absolute atomic E-state index is 0.518. The Morgan fingerprint density at radius 2 is 1.00 bits per heavy atom. The summed E-state index contributed by atoms with van der Waals surface area (Å²) < 4.78 is 18.2. The molecule has 0 aromatic carbocycles. The Balaban J connectivity index is 4.13. The molecule has 9 nitrogen and oxygen atoms in total. The fourth-order valence-corrected chi connectivity index (χ4v) is 9.91. The Morgan fingerprint density at radius 3 is 1.33 bits per heavy atom. The largest absolute Gasteiger partial charge is 0.415 e. The average Bonchev–Trinajstić information content (AvgIpc) is 2.66. The van der Waals surface area contributed by atoms with Crippen LogP contribution in [0.1, 0.15) is 12.8 Å². The van der Waals surface area contributed by atoms with Crippen LogP contribution in [0.2, 0.25) is 25.2 Å². The van der Waals surface area contributed by atoms with Gasteiger partial charge in [0.15, 0.2) is 0 Å². The number of nitrogens with two attached hydrogens (primary N) is 2. The maximum Gasteiger partial charge on any atom is 0.325 e. The normalized spacial score (nSPS) is 16.2. The topological polar surface area (TPSA) is 128 Å². The van der Waals surface area contributed by atoms with E-state index < -0.39 is 17.1 Å². The Bertz CT molecular complexity index is 319. The standard InChI is InChI=1S/C16H44N6O3Si2/c1-23-26(3,13-5-7-19-9-11-21-15-17)25-27(4,24-2)14-6-8-20-10-12-22-16-18/h19-22H,5-18H2,1-4H3. The maximum atomic E-state index is 6.53. The van der Waals surface area contributed by atoms with E-state index in [1.165, 1.54) is 0 Å². The maximum absolute atomic E-state index is 6.53. The molecule has 11 heteroatoms. The second-order valence-corrected chi connectivity index (χ2v) is 14.1. The third kappa shape index (κ3) is 14.7. The fourth-order valence-electron chi connectivity index (χ4n) is 2.72. The number of hydrogen-bond donors (Lipinski definition) is 6. The molecule has 0 aliphatic heterocycles. The van der Waals surface area contributed by atoms with Gasteiger partial charge in [0.2, 0.25) is 0 Å². The third-order valence-electron chi connectivity index (χ3n) is 4.51. The van der Waals surface area contributed by atoms with Crippen molar-refractivity contribution in [1.82, 2.24) is 21.3 Å². The lowest BCUT2D eigenvalue weighted by Crippen LogP contribution is -2.51. The molecule has 0 radical (unpaired) electrons. The molecule has 0 aromatic heterocycles. The molecule has 0 aliphatic rings. The minimum atomic E-state index is -2.22. The highest BCUT2D eigenvalue weighted by molar-refractivity contribution is 6.80. The Hall–Kier alpha value is 0.0738. The van der Waals surface area contributed by atoms with Crippen LogP contribution in [-0.2, 0) is 13.0 Å². The van der Waals surface area contributed by atoms with E-state index in [0.717, 1.165) is 64.2 Å². The lowest BCUT2D eigenvalue weighted by atomic mass is 10.4. The van der Waals surface area contributed by atoms with Gasteiger partial charge < -0.3 is 45.7 Å². The minimum Gasteiger partial charge on any atom is -0.415 e. The molecule has 0 rings (SSSR count). The van der Waals surface area contributed by atoms with E-state index in [-0.39, 0.29) is 0 Å². The second-order valence-electron chi connectivity index (χ2n) is 6.89. The van der Waals surface area contributed by atoms with Crippen molar-refractivity contribution in [3.8, 4) is 0 Å². The molecule has 0 aliphatic carbocycles. The van der Waals surface area contributed by atoms with Crippen LogP contribution in [-0.4, -0.2) is 83.9 Å². The van der Waals surface area contributed by atoms with Crippen LogP contribution in [0.3, 0.4) is 0 Å². The summed E-state index contributed by atoms with van der Waals surface area (Å²) in [5.74, 6) is 0. The molecule has 8 N–H and O–H groups in total. The van der Waals surface area contributed by atoms with E-state index in [9.17, 15) is 0 Å². The van der Waals surface area contributed by atoms with Gasteiger partial charge in [-0.2, -0.15) is 0 Å². The number of nitrogens with one attached hydrogen (secondary N) is 4. The second kappa shape index (κ2) is 17.0. The van der Waals surface area contributed by atoms with Crippen molar-refractivity contribution < 1.29 is 13.0 Å². The van der Waals surface area contributed by atoms with Gasteiger partial charge in [-0.05, 0) is 51.1 Å². The highest BCUT2D eigenvalue weighted by Crippen LogP contribution is 2.24. The summed E-state index contributed by atoms with van der Waals surface area (Å²) in [5.41, 5.74) is 10.8. The van der Waals surface area contributed by atoms with Crippen LogP contribution in [0.15, 0.2) is 0 Å². The summed E-state index contributed by atoms with van der Waals surface area (Å²) in [7, 11) is -0.919. The van der Waals surface area contributed by atoms with Crippen LogP contribution < -0.4 is 32.7 Å². The Morgan fingerprint density at radius 1 is 0.630 bits per heavy atom. The van der Waals surface area contributed by atoms with E-state index in [1.807, 2.05) is 0 Å². The van der Waals surface area contributed by atoms with Crippen molar-refractivity contribution >= 4 is 17.1 Å². The van der Waals surface area contributed by atoms with Gasteiger partial charge in [0.05, 0.1) is 0 Å². The molecule has 2 atom stereocenters. The Kier molecular flexibility index (Phi) is 17.0. The smallest absolute Gasteiger partial charge is 0.325 e. The summed E-state index contributed by atoms with van der Waals surface area (Å²) in [6.45, 7) is 10.8. The molecule has 27 heavy (non-hydrogen) atoms. The summed E-state index contributed by atoms with van der Waals surface area (Å²) in [4.78, 5) is 0. The van der Waals surface area contributed by atoms with Crippen molar-refractivity contribution in [2.75, 3.05) is 66.8 Å². The highest BCUT2D eigenvalue weighted by Gasteiger charge is 2.41. The molecule has 164 valence electrons. The van der Waals surface area contributed by atoms with Gasteiger partial charge in [-0.25, -0.2) is 0 Å². The molecule has 0 saturated heterocycles. The molecule has 0 aromatic rings. The quantitative estimate of drug-likeness (QED) is 0.0863. The zero-order valence-corrected chi connectivity index (χ0v) is 19.9. The van der Waals surface area contributed by atoms with Gasteiger partial charge in [0, 0.05) is 53.7 Å². The lowest BCUT2D eigenvalue weighted by Gasteiger charge is -2.35. The lowest BCUT2D eigenvalue weighted by molar-refractivity contribution is 0.238. The zero-order valence-electron chi connectivity index (χ0n) is 17.9. The SMILES string of the molecule is CO[Si](C)(CCCNCCNCN)O[Si](C)(CCCNCCNCN)OC. The first-order valence-corrected chi connectivity index (χ1v) is 15.0. The van der Waals surface area contributed by atoms with E-state index in [4.69, 9.17) is 24.4 Å². The Labute approximate surface area is 168 Å². The highest BCUT2D eigenvalue weighted by atomic mass is 28.5. The summed E-state index contributed by atoms with van der Waals surface area (Å²) >= 11 is 0. The summed E-state index contributed by atoms with van der Waals surface area (Å²) in [6, 6.07) is 1.91. The van der Waals surface area contributed by atoms with Crippen LogP contribution >= 0.6 is 0 Å². The molecule has 0 fully saturated rings. The predicted octanol–water partition coefficient (Wildman–Crippen LogP) is -0.589. The van der Waals surface area contributed by atoms with Crippen molar-refractivity contribution in [2.45, 2.75) is 38.0 Å². The van der Waals surface area contributed by atoms with E-state index in [1.54, 1.807) is 14.2 Å². The number of rotatable bonds is 20. The van der Waals surface area contributed by atoms with Gasteiger partial charge in [-0.15, -0.1) is 0 Å². The van der Waals surface area contributed by atoms with Gasteiger partial charge in [0.1, 0.15) is 0 Å². The summed E-state index contributed by atoms with van der Waals surface area (Å²) in [5, 5.41) is 13.0. The van der Waals surface area contributed by atoms with E-state index >= 15 is 0 Å². The molecule has 0 spiro atoms. The molecular weight excluding hydrogens is 380 g/mol. The summed E-state index contributed by atoms with van der Waals surface area (Å²) in [6.07, 6.45) is 2.06. The van der Waals surface area contributed by atoms with Crippen molar-refractivity contribution in [3.63, 3.8) is 0 Å². The zero-order chi connectivity index (χ0) is 20.4. The molecule has 0 amide bonds. The number of hydrogen-bond acceptors (Lipinski definition) is 9. The van der Waals surface area contributed by atoms with Crippen LogP contribution in [0.4, 0.5) is 0 Å².